The summed E-state index contributed by atoms with van der Waals surface area (Å²) in [5, 5.41) is 13.9. The van der Waals surface area contributed by atoms with Gasteiger partial charge in [0.05, 0.1) is 18.4 Å². The van der Waals surface area contributed by atoms with E-state index in [-0.39, 0.29) is 18.0 Å². The van der Waals surface area contributed by atoms with E-state index >= 15 is 8.78 Å². The quantitative estimate of drug-likeness (QED) is 0.509. The smallest absolute Gasteiger partial charge is 0.309 e. The lowest BCUT2D eigenvalue weighted by Crippen LogP contribution is -2.61. The first-order valence-corrected chi connectivity index (χ1v) is 13.9. The van der Waals surface area contributed by atoms with Crippen molar-refractivity contribution in [2.75, 3.05) is 32.8 Å². The maximum Gasteiger partial charge on any atom is 0.309 e. The van der Waals surface area contributed by atoms with E-state index in [2.05, 4.69) is 15.0 Å². The zero-order valence-corrected chi connectivity index (χ0v) is 22.5. The van der Waals surface area contributed by atoms with Crippen molar-refractivity contribution < 1.29 is 28.3 Å². The Morgan fingerprint density at radius 1 is 1.15 bits per heavy atom. The van der Waals surface area contributed by atoms with Gasteiger partial charge in [0.25, 0.3) is 0 Å². The number of nitrogens with zero attached hydrogens (tertiary/aromatic N) is 3. The second-order valence-corrected chi connectivity index (χ2v) is 11.8. The molecule has 0 aromatic heterocycles. The summed E-state index contributed by atoms with van der Waals surface area (Å²) in [7, 11) is 0. The predicted molar refractivity (Wildman–Crippen MR) is 143 cm³/mol. The van der Waals surface area contributed by atoms with Crippen LogP contribution in [0.25, 0.3) is 11.1 Å². The molecule has 0 amide bonds. The van der Waals surface area contributed by atoms with Crippen molar-refractivity contribution in [2.24, 2.45) is 10.6 Å². The van der Waals surface area contributed by atoms with Gasteiger partial charge in [0, 0.05) is 49.4 Å². The van der Waals surface area contributed by atoms with Gasteiger partial charge in [-0.2, -0.15) is 0 Å². The summed E-state index contributed by atoms with van der Waals surface area (Å²) in [6.45, 7) is 6.62. The molecule has 208 valence electrons. The Morgan fingerprint density at radius 3 is 2.46 bits per heavy atom. The van der Waals surface area contributed by atoms with Crippen LogP contribution in [0.4, 0.5) is 8.78 Å². The van der Waals surface area contributed by atoms with Crippen LogP contribution in [-0.4, -0.2) is 65.1 Å². The van der Waals surface area contributed by atoms with Crippen LogP contribution in [0.2, 0.25) is 0 Å². The van der Waals surface area contributed by atoms with E-state index in [1.54, 1.807) is 6.92 Å². The number of aliphatic carboxylic acids is 1. The molecule has 1 N–H and O–H groups in total. The maximum atomic E-state index is 15.7. The normalized spacial score (nSPS) is 21.8. The molecule has 0 radical (unpaired) electrons. The van der Waals surface area contributed by atoms with E-state index in [1.807, 2.05) is 37.3 Å². The molecule has 0 atom stereocenters. The molecule has 0 unspecified atom stereocenters. The lowest BCUT2D eigenvalue weighted by molar-refractivity contribution is -0.150. The zero-order chi connectivity index (χ0) is 27.4. The number of rotatable bonds is 7. The van der Waals surface area contributed by atoms with Crippen molar-refractivity contribution in [3.63, 3.8) is 0 Å². The number of carboxylic acid groups (broad SMARTS) is 1. The minimum Gasteiger partial charge on any atom is -0.493 e. The minimum absolute atomic E-state index is 0.167. The van der Waals surface area contributed by atoms with Crippen molar-refractivity contribution in [2.45, 2.75) is 64.0 Å². The summed E-state index contributed by atoms with van der Waals surface area (Å²) < 4.78 is 37.5. The fourth-order valence-electron chi connectivity index (χ4n) is 6.25. The van der Waals surface area contributed by atoms with Crippen molar-refractivity contribution >= 4 is 11.8 Å². The number of carbonyl (C=O) groups is 1. The van der Waals surface area contributed by atoms with Crippen molar-refractivity contribution in [3.05, 3.63) is 53.1 Å². The molecule has 39 heavy (non-hydrogen) atoms. The Labute approximate surface area is 227 Å². The second-order valence-electron chi connectivity index (χ2n) is 11.8. The monoisotopic (exact) mass is 539 g/mol. The lowest BCUT2D eigenvalue weighted by atomic mass is 9.80. The molecule has 9 heteroatoms. The number of hydrogen-bond donors (Lipinski definition) is 1. The first-order valence-electron chi connectivity index (χ1n) is 13.9. The van der Waals surface area contributed by atoms with E-state index in [9.17, 15) is 9.90 Å². The molecule has 0 bridgehead atoms. The largest absolute Gasteiger partial charge is 0.493 e. The molecule has 2 saturated heterocycles. The Bertz CT molecular complexity index is 1300. The topological polar surface area (TPSA) is 74.6 Å². The van der Waals surface area contributed by atoms with Gasteiger partial charge in [-0.25, -0.2) is 8.78 Å². The van der Waals surface area contributed by atoms with Crippen LogP contribution < -0.4 is 4.74 Å². The highest BCUT2D eigenvalue weighted by atomic mass is 19.2. The van der Waals surface area contributed by atoms with Crippen LogP contribution in [0, 0.1) is 17.0 Å². The van der Waals surface area contributed by atoms with Gasteiger partial charge >= 0.3 is 5.97 Å². The first kappa shape index (κ1) is 26.0. The van der Waals surface area contributed by atoms with Crippen LogP contribution >= 0.6 is 0 Å². The molecule has 1 aliphatic carbocycles. The molecule has 1 spiro atoms. The predicted octanol–water partition coefficient (Wildman–Crippen LogP) is 5.38. The van der Waals surface area contributed by atoms with E-state index in [4.69, 9.17) is 9.57 Å². The van der Waals surface area contributed by atoms with Crippen LogP contribution in [0.3, 0.4) is 0 Å². The second kappa shape index (κ2) is 9.77. The highest BCUT2D eigenvalue weighted by Gasteiger charge is 2.52. The maximum absolute atomic E-state index is 15.7. The molecule has 6 rings (SSSR count). The van der Waals surface area contributed by atoms with Crippen LogP contribution in [-0.2, 0) is 16.2 Å². The molecule has 7 nitrogen and oxygen atoms in total. The van der Waals surface area contributed by atoms with Crippen LogP contribution in [0.15, 0.2) is 35.5 Å². The molecule has 3 heterocycles. The number of benzene rings is 2. The average Bonchev–Trinajstić information content (AvgIpc) is 3.66. The molecule has 4 aliphatic rings. The highest BCUT2D eigenvalue weighted by Crippen LogP contribution is 2.52. The molecule has 3 fully saturated rings. The number of hydrogen-bond acceptors (Lipinski definition) is 6. The summed E-state index contributed by atoms with van der Waals surface area (Å²) in [6.07, 6.45) is 3.63. The van der Waals surface area contributed by atoms with Crippen molar-refractivity contribution in [1.82, 2.24) is 9.80 Å². The molecular formula is C30H35F2N3O4. The average molecular weight is 540 g/mol. The van der Waals surface area contributed by atoms with E-state index in [0.717, 1.165) is 24.2 Å². The fourth-order valence-corrected chi connectivity index (χ4v) is 6.25. The molecular weight excluding hydrogens is 504 g/mol. The summed E-state index contributed by atoms with van der Waals surface area (Å²) in [5.41, 5.74) is 0.862. The Balaban J connectivity index is 1.18. The summed E-state index contributed by atoms with van der Waals surface area (Å²) in [4.78, 5) is 21.6. The number of carboxylic acids is 1. The third-order valence-corrected chi connectivity index (χ3v) is 8.78. The van der Waals surface area contributed by atoms with Gasteiger partial charge in [0.1, 0.15) is 11.6 Å². The van der Waals surface area contributed by atoms with Gasteiger partial charge in [0.15, 0.2) is 17.2 Å². The first-order chi connectivity index (χ1) is 18.7. The molecule has 2 aromatic carbocycles. The van der Waals surface area contributed by atoms with E-state index < -0.39 is 28.6 Å². The van der Waals surface area contributed by atoms with Gasteiger partial charge < -0.3 is 19.6 Å². The van der Waals surface area contributed by atoms with Gasteiger partial charge in [-0.1, -0.05) is 35.5 Å². The van der Waals surface area contributed by atoms with Gasteiger partial charge in [-0.05, 0) is 51.0 Å². The molecule has 3 aliphatic heterocycles. The number of oxime groups is 1. The number of likely N-dealkylation sites (tertiary alicyclic amines) is 2. The standard InChI is InChI=1S/C30H35F2N3O4/c1-3-38-27-21(25(31)26(32)23(24(27)20-9-10-20)19-7-5-4-6-8-19)16-34-17-30(18-34)15-22(33-39-30)35-13-11-29(2,12-14-35)28(36)37/h4-8,20H,3,9-18H2,1-2H3,(H,36,37). The Kier molecular flexibility index (Phi) is 6.52. The summed E-state index contributed by atoms with van der Waals surface area (Å²) in [5.74, 6) is -0.912. The van der Waals surface area contributed by atoms with Crippen molar-refractivity contribution in [3.8, 4) is 16.9 Å². The fraction of sp³-hybridized carbons (Fsp3) is 0.533. The Morgan fingerprint density at radius 2 is 1.85 bits per heavy atom. The molecule has 2 aromatic rings. The summed E-state index contributed by atoms with van der Waals surface area (Å²) in [6, 6.07) is 9.17. The Hall–Kier alpha value is -3.20. The van der Waals surface area contributed by atoms with Crippen LogP contribution in [0.1, 0.15) is 63.0 Å². The number of ether oxygens (including phenoxy) is 1. The number of amidine groups is 1. The summed E-state index contributed by atoms with van der Waals surface area (Å²) >= 11 is 0. The zero-order valence-electron chi connectivity index (χ0n) is 22.5. The highest BCUT2D eigenvalue weighted by molar-refractivity contribution is 5.85. The SMILES string of the molecule is CCOc1c(CN2CC3(CC(N4CCC(C)(C(=O)O)CC4)=NO3)C2)c(F)c(F)c(-c2ccccc2)c1C1CC1. The van der Waals surface area contributed by atoms with E-state index in [0.29, 0.717) is 68.9 Å². The lowest BCUT2D eigenvalue weighted by Gasteiger charge is -2.46. The third-order valence-electron chi connectivity index (χ3n) is 8.78. The minimum atomic E-state index is -0.846. The van der Waals surface area contributed by atoms with Gasteiger partial charge in [-0.15, -0.1) is 0 Å². The number of piperidine rings is 1. The van der Waals surface area contributed by atoms with Gasteiger partial charge in [0.2, 0.25) is 0 Å². The third kappa shape index (κ3) is 4.64. The number of halogens is 2. The molecule has 1 saturated carbocycles. The van der Waals surface area contributed by atoms with Crippen molar-refractivity contribution in [1.29, 1.82) is 0 Å². The van der Waals surface area contributed by atoms with E-state index in [1.165, 1.54) is 0 Å². The van der Waals surface area contributed by atoms with Gasteiger partial charge in [-0.3, -0.25) is 9.69 Å². The van der Waals surface area contributed by atoms with Crippen LogP contribution in [0.5, 0.6) is 5.75 Å².